The Morgan fingerprint density at radius 2 is 2.17 bits per heavy atom. The quantitative estimate of drug-likeness (QED) is 0.737. The van der Waals surface area contributed by atoms with Gasteiger partial charge in [-0.1, -0.05) is 12.1 Å². The molecular weight excluding hydrogens is 248 g/mol. The topological polar surface area (TPSA) is 35.0 Å². The normalized spacial score (nSPS) is 13.9. The van der Waals surface area contributed by atoms with Crippen LogP contribution in [-0.2, 0) is 6.42 Å². The van der Waals surface area contributed by atoms with Crippen molar-refractivity contribution in [1.29, 1.82) is 0 Å². The van der Waals surface area contributed by atoms with E-state index in [-0.39, 0.29) is 5.28 Å². The summed E-state index contributed by atoms with van der Waals surface area (Å²) in [5.74, 6) is 0.943. The fourth-order valence-corrected chi connectivity index (χ4v) is 2.49. The van der Waals surface area contributed by atoms with Gasteiger partial charge in [0.25, 0.3) is 0 Å². The lowest BCUT2D eigenvalue weighted by atomic mass is 10.0. The second-order valence-corrected chi connectivity index (χ2v) is 4.75. The Bertz CT molecular complexity index is 578. The lowest BCUT2D eigenvalue weighted by molar-refractivity contribution is 0.289. The van der Waals surface area contributed by atoms with Crippen molar-refractivity contribution in [3.63, 3.8) is 0 Å². The molecule has 0 amide bonds. The van der Waals surface area contributed by atoms with Crippen molar-refractivity contribution in [3.05, 3.63) is 40.8 Å². The molecule has 0 N–H and O–H groups in total. The van der Waals surface area contributed by atoms with Gasteiger partial charge in [0.05, 0.1) is 12.3 Å². The summed E-state index contributed by atoms with van der Waals surface area (Å²) >= 11 is 5.92. The number of halogens is 1. The van der Waals surface area contributed by atoms with Crippen LogP contribution in [0.3, 0.4) is 0 Å². The summed E-state index contributed by atoms with van der Waals surface area (Å²) in [6.45, 7) is 2.68. The van der Waals surface area contributed by atoms with Gasteiger partial charge in [0.2, 0.25) is 5.28 Å². The summed E-state index contributed by atoms with van der Waals surface area (Å²) in [5.41, 5.74) is 3.93. The van der Waals surface area contributed by atoms with Gasteiger partial charge >= 0.3 is 0 Å². The van der Waals surface area contributed by atoms with E-state index in [0.717, 1.165) is 42.1 Å². The van der Waals surface area contributed by atoms with Crippen molar-refractivity contribution in [2.24, 2.45) is 0 Å². The smallest absolute Gasteiger partial charge is 0.223 e. The lowest BCUT2D eigenvalue weighted by Crippen LogP contribution is -2.09. The van der Waals surface area contributed by atoms with Gasteiger partial charge in [-0.2, -0.15) is 0 Å². The number of nitrogens with zero attached hydrogens (tertiary/aromatic N) is 2. The van der Waals surface area contributed by atoms with Crippen molar-refractivity contribution in [2.45, 2.75) is 19.8 Å². The Hall–Kier alpha value is -1.61. The molecule has 0 saturated carbocycles. The predicted octanol–water partition coefficient (Wildman–Crippen LogP) is 3.43. The molecule has 18 heavy (non-hydrogen) atoms. The molecule has 0 fully saturated rings. The molecule has 2 heterocycles. The maximum atomic E-state index is 5.92. The zero-order valence-corrected chi connectivity index (χ0v) is 10.9. The highest BCUT2D eigenvalue weighted by atomic mass is 35.5. The van der Waals surface area contributed by atoms with Crippen LogP contribution in [0.4, 0.5) is 0 Å². The van der Waals surface area contributed by atoms with Crippen molar-refractivity contribution in [3.8, 4) is 17.0 Å². The van der Waals surface area contributed by atoms with Gasteiger partial charge < -0.3 is 4.74 Å². The van der Waals surface area contributed by atoms with Crippen LogP contribution >= 0.6 is 11.6 Å². The third-order valence-corrected chi connectivity index (χ3v) is 3.21. The molecule has 3 nitrogen and oxygen atoms in total. The lowest BCUT2D eigenvalue weighted by Gasteiger charge is -2.20. The summed E-state index contributed by atoms with van der Waals surface area (Å²) in [6.07, 6.45) is 2.13. The zero-order chi connectivity index (χ0) is 12.5. The van der Waals surface area contributed by atoms with Crippen LogP contribution in [0.15, 0.2) is 24.3 Å². The second-order valence-electron chi connectivity index (χ2n) is 4.41. The molecule has 2 aromatic rings. The van der Waals surface area contributed by atoms with E-state index in [1.807, 2.05) is 25.1 Å². The van der Waals surface area contributed by atoms with Gasteiger partial charge in [-0.15, -0.1) is 0 Å². The average Bonchev–Trinajstić information content (AvgIpc) is 2.37. The molecule has 0 radical (unpaired) electrons. The highest BCUT2D eigenvalue weighted by Crippen LogP contribution is 2.35. The van der Waals surface area contributed by atoms with E-state index in [2.05, 4.69) is 16.0 Å². The number of aryl methyl sites for hydroxylation is 2. The number of para-hydroxylation sites is 1. The van der Waals surface area contributed by atoms with Crippen LogP contribution in [0.1, 0.15) is 17.7 Å². The van der Waals surface area contributed by atoms with Gasteiger partial charge in [0.1, 0.15) is 5.75 Å². The summed E-state index contributed by atoms with van der Waals surface area (Å²) in [4.78, 5) is 8.37. The Labute approximate surface area is 111 Å². The Morgan fingerprint density at radius 3 is 3.00 bits per heavy atom. The van der Waals surface area contributed by atoms with E-state index in [9.17, 15) is 0 Å². The fraction of sp³-hybridized carbons (Fsp3) is 0.286. The van der Waals surface area contributed by atoms with E-state index in [1.54, 1.807) is 0 Å². The third-order valence-electron chi connectivity index (χ3n) is 3.04. The van der Waals surface area contributed by atoms with Gasteiger partial charge in [-0.05, 0) is 49.1 Å². The molecule has 3 rings (SSSR count). The van der Waals surface area contributed by atoms with Crippen LogP contribution in [0.5, 0.6) is 5.75 Å². The van der Waals surface area contributed by atoms with Crippen LogP contribution in [0, 0.1) is 6.92 Å². The number of rotatable bonds is 1. The number of ether oxygens (including phenoxy) is 1. The zero-order valence-electron chi connectivity index (χ0n) is 10.1. The number of aromatic nitrogens is 2. The molecular formula is C14H13ClN2O. The molecule has 92 valence electrons. The monoisotopic (exact) mass is 260 g/mol. The number of hydrogen-bond donors (Lipinski definition) is 0. The van der Waals surface area contributed by atoms with Gasteiger partial charge in [0, 0.05) is 11.3 Å². The minimum Gasteiger partial charge on any atom is -0.493 e. The largest absolute Gasteiger partial charge is 0.493 e. The fourth-order valence-electron chi connectivity index (χ4n) is 2.26. The van der Waals surface area contributed by atoms with Crippen LogP contribution < -0.4 is 4.74 Å². The summed E-state index contributed by atoms with van der Waals surface area (Å²) < 4.78 is 5.79. The maximum absolute atomic E-state index is 5.92. The van der Waals surface area contributed by atoms with Gasteiger partial charge in [-0.3, -0.25) is 0 Å². The standard InChI is InChI=1S/C14H13ClN2O/c1-9-8-12(17-14(15)16-9)11-6-2-4-10-5-3-7-18-13(10)11/h2,4,6,8H,3,5,7H2,1H3. The number of benzene rings is 1. The number of hydrogen-bond acceptors (Lipinski definition) is 3. The minimum absolute atomic E-state index is 0.276. The Morgan fingerprint density at radius 1 is 1.28 bits per heavy atom. The molecule has 1 aliphatic heterocycles. The molecule has 4 heteroatoms. The SMILES string of the molecule is Cc1cc(-c2cccc3c2OCCC3)nc(Cl)n1. The molecule has 0 saturated heterocycles. The number of fused-ring (bicyclic) bond motifs is 1. The molecule has 0 atom stereocenters. The van der Waals surface area contributed by atoms with Crippen molar-refractivity contribution >= 4 is 11.6 Å². The van der Waals surface area contributed by atoms with Gasteiger partial charge in [0.15, 0.2) is 0 Å². The predicted molar refractivity (Wildman–Crippen MR) is 71.0 cm³/mol. The molecule has 0 spiro atoms. The van der Waals surface area contributed by atoms with E-state index >= 15 is 0 Å². The van der Waals surface area contributed by atoms with Crippen molar-refractivity contribution < 1.29 is 4.74 Å². The Balaban J connectivity index is 2.16. The van der Waals surface area contributed by atoms with Crippen molar-refractivity contribution in [1.82, 2.24) is 9.97 Å². The molecule has 1 aliphatic rings. The van der Waals surface area contributed by atoms with E-state index in [0.29, 0.717) is 0 Å². The summed E-state index contributed by atoms with van der Waals surface area (Å²) in [6, 6.07) is 8.09. The minimum atomic E-state index is 0.276. The first-order chi connectivity index (χ1) is 8.74. The third kappa shape index (κ3) is 2.06. The van der Waals surface area contributed by atoms with Crippen LogP contribution in [0.25, 0.3) is 11.3 Å². The molecule has 0 bridgehead atoms. The molecule has 0 unspecified atom stereocenters. The Kier molecular flexibility index (Phi) is 2.92. The first kappa shape index (κ1) is 11.5. The van der Waals surface area contributed by atoms with E-state index in [4.69, 9.17) is 16.3 Å². The molecule has 1 aromatic carbocycles. The highest BCUT2D eigenvalue weighted by Gasteiger charge is 2.16. The van der Waals surface area contributed by atoms with E-state index < -0.39 is 0 Å². The maximum Gasteiger partial charge on any atom is 0.223 e. The first-order valence-electron chi connectivity index (χ1n) is 6.00. The second kappa shape index (κ2) is 4.58. The summed E-state index contributed by atoms with van der Waals surface area (Å²) in [7, 11) is 0. The van der Waals surface area contributed by atoms with Crippen LogP contribution in [-0.4, -0.2) is 16.6 Å². The van der Waals surface area contributed by atoms with Crippen molar-refractivity contribution in [2.75, 3.05) is 6.61 Å². The van der Waals surface area contributed by atoms with Gasteiger partial charge in [-0.25, -0.2) is 9.97 Å². The molecule has 0 aliphatic carbocycles. The molecule has 1 aromatic heterocycles. The average molecular weight is 261 g/mol. The van der Waals surface area contributed by atoms with E-state index in [1.165, 1.54) is 5.56 Å². The van der Waals surface area contributed by atoms with Crippen LogP contribution in [0.2, 0.25) is 5.28 Å². The summed E-state index contributed by atoms with van der Waals surface area (Å²) in [5, 5.41) is 0.276. The highest BCUT2D eigenvalue weighted by molar-refractivity contribution is 6.28. The first-order valence-corrected chi connectivity index (χ1v) is 6.38.